The third-order valence-electron chi connectivity index (χ3n) is 5.23. The number of rotatable bonds is 1. The third kappa shape index (κ3) is 8.31. The molecule has 1 aliphatic rings. The normalized spacial score (nSPS) is 13.5. The molecule has 0 spiro atoms. The molecule has 0 amide bonds. The Balaban J connectivity index is -0.000000522. The Morgan fingerprint density at radius 3 is 1.94 bits per heavy atom. The summed E-state index contributed by atoms with van der Waals surface area (Å²) in [6.07, 6.45) is 3.36. The molecular weight excluding hydrogens is 559 g/mol. The molecular formula is C26H29Cl2F3SiZr-4. The molecule has 1 atom stereocenters. The zero-order valence-electron chi connectivity index (χ0n) is 19.6. The Morgan fingerprint density at radius 2 is 1.45 bits per heavy atom. The van der Waals surface area contributed by atoms with Crippen molar-refractivity contribution >= 4 is 42.5 Å². The van der Waals surface area contributed by atoms with Gasteiger partial charge in [-0.3, -0.25) is 6.08 Å². The molecule has 0 N–H and O–H groups in total. The zero-order chi connectivity index (χ0) is 21.7. The van der Waals surface area contributed by atoms with Crippen LogP contribution in [0.25, 0.3) is 21.9 Å². The average molecular weight is 589 g/mol. The molecule has 4 rings (SSSR count). The third-order valence-corrected chi connectivity index (χ3v) is 5.23. The van der Waals surface area contributed by atoms with E-state index in [-0.39, 0.29) is 45.2 Å². The van der Waals surface area contributed by atoms with Crippen LogP contribution in [0, 0.1) is 44.3 Å². The van der Waals surface area contributed by atoms with E-state index in [4.69, 9.17) is 0 Å². The first-order valence-electron chi connectivity index (χ1n) is 9.12. The van der Waals surface area contributed by atoms with Crippen LogP contribution in [0.1, 0.15) is 27.7 Å². The van der Waals surface area contributed by atoms with Gasteiger partial charge in [-0.15, -0.1) is 78.4 Å². The van der Waals surface area contributed by atoms with Crippen molar-refractivity contribution in [2.45, 2.75) is 27.7 Å². The number of hydrogen-bond donors (Lipinski definition) is 0. The van der Waals surface area contributed by atoms with Gasteiger partial charge in [-0.1, -0.05) is 32.8 Å². The molecule has 33 heavy (non-hydrogen) atoms. The van der Waals surface area contributed by atoms with Gasteiger partial charge in [0.2, 0.25) is 0 Å². The Morgan fingerprint density at radius 1 is 0.909 bits per heavy atom. The van der Waals surface area contributed by atoms with Crippen LogP contribution in [0.2, 0.25) is 0 Å². The van der Waals surface area contributed by atoms with Gasteiger partial charge in [0, 0.05) is 5.56 Å². The number of allylic oxidation sites excluding steroid dienone is 4. The summed E-state index contributed by atoms with van der Waals surface area (Å²) in [5, 5.41) is 1.58. The standard InChI is InChI=1S/C15H8F3.C9H13.2CH3.2ClH.Si.Zr/c16-12-7-8-13(17)15(18)14(12)11-6-5-9-3-1-2-4-10(9)11;1-6-5-7(2)9(4)8(6)3;;;;;;/h1-8H;6H,1-4H3;2*1H3;2*1H;;/q4*-1;;;;. The van der Waals surface area contributed by atoms with Crippen LogP contribution in [-0.4, -0.2) is 6.88 Å². The van der Waals surface area contributed by atoms with Crippen molar-refractivity contribution in [3.8, 4) is 11.1 Å². The molecule has 1 aliphatic carbocycles. The predicted octanol–water partition coefficient (Wildman–Crippen LogP) is 8.73. The van der Waals surface area contributed by atoms with E-state index >= 15 is 0 Å². The van der Waals surface area contributed by atoms with Gasteiger partial charge in [0.15, 0.2) is 11.6 Å². The Hall–Kier alpha value is -1.000. The molecule has 0 saturated carbocycles. The van der Waals surface area contributed by atoms with Gasteiger partial charge in [0.1, 0.15) is 5.82 Å². The first-order chi connectivity index (χ1) is 13.8. The summed E-state index contributed by atoms with van der Waals surface area (Å²) >= 11 is 1.36. The molecule has 7 heteroatoms. The molecule has 2 radical (unpaired) electrons. The van der Waals surface area contributed by atoms with Crippen LogP contribution in [0.5, 0.6) is 0 Å². The fourth-order valence-corrected chi connectivity index (χ4v) is 3.30. The number of halogens is 5. The summed E-state index contributed by atoms with van der Waals surface area (Å²) in [7, 11) is 0. The monoisotopic (exact) mass is 586 g/mol. The summed E-state index contributed by atoms with van der Waals surface area (Å²) in [5.41, 5.74) is 4.31. The Labute approximate surface area is 226 Å². The van der Waals surface area contributed by atoms with Crippen molar-refractivity contribution in [3.05, 3.63) is 104 Å². The van der Waals surface area contributed by atoms with E-state index in [2.05, 4.69) is 40.7 Å². The topological polar surface area (TPSA) is 0 Å². The molecule has 0 saturated heterocycles. The van der Waals surface area contributed by atoms with Crippen LogP contribution in [-0.2, 0) is 23.3 Å². The molecule has 0 nitrogen and oxygen atoms in total. The molecule has 0 fully saturated rings. The molecule has 0 heterocycles. The van der Waals surface area contributed by atoms with Crippen LogP contribution < -0.4 is 0 Å². The minimum atomic E-state index is -1.15. The van der Waals surface area contributed by atoms with Crippen molar-refractivity contribution in [1.29, 1.82) is 0 Å². The van der Waals surface area contributed by atoms with E-state index in [1.54, 1.807) is 24.3 Å². The van der Waals surface area contributed by atoms with Crippen molar-refractivity contribution in [1.82, 2.24) is 0 Å². The fraction of sp³-hybridized carbons (Fsp3) is 0.192. The van der Waals surface area contributed by atoms with Gasteiger partial charge >= 0.3 is 30.2 Å². The summed E-state index contributed by atoms with van der Waals surface area (Å²) in [6, 6.07) is 12.3. The summed E-state index contributed by atoms with van der Waals surface area (Å²) < 4.78 is 40.7. The van der Waals surface area contributed by atoms with Gasteiger partial charge in [-0.05, 0) is 12.1 Å². The minimum absolute atomic E-state index is 0. The summed E-state index contributed by atoms with van der Waals surface area (Å²) in [5.74, 6) is -2.39. The van der Waals surface area contributed by atoms with Gasteiger partial charge in [-0.2, -0.15) is 11.1 Å². The first-order valence-corrected chi connectivity index (χ1v) is 13.3. The molecule has 180 valence electrons. The Bertz CT molecular complexity index is 1090. The van der Waals surface area contributed by atoms with E-state index in [1.807, 2.05) is 12.1 Å². The van der Waals surface area contributed by atoms with Gasteiger partial charge in [-0.25, -0.2) is 18.7 Å². The maximum atomic E-state index is 13.7. The predicted molar refractivity (Wildman–Crippen MR) is 138 cm³/mol. The van der Waals surface area contributed by atoms with E-state index < -0.39 is 17.5 Å². The van der Waals surface area contributed by atoms with Crippen molar-refractivity contribution < 1.29 is 36.5 Å². The number of benzene rings is 2. The fourth-order valence-electron chi connectivity index (χ4n) is 3.30. The zero-order valence-corrected chi connectivity index (χ0v) is 24.7. The second-order valence-corrected chi connectivity index (χ2v) is 6.85. The second kappa shape index (κ2) is 16.6. The van der Waals surface area contributed by atoms with E-state index in [0.717, 1.165) is 17.5 Å². The van der Waals surface area contributed by atoms with Crippen LogP contribution in [0.3, 0.4) is 0 Å². The molecule has 0 bridgehead atoms. The van der Waals surface area contributed by atoms with Gasteiger partial charge in [0.05, 0.1) is 0 Å². The summed E-state index contributed by atoms with van der Waals surface area (Å²) in [6.45, 7) is 11.7. The number of fused-ring (bicyclic) bond motifs is 1. The average Bonchev–Trinajstić information content (AvgIpc) is 3.24. The van der Waals surface area contributed by atoms with Crippen molar-refractivity contribution in [3.63, 3.8) is 0 Å². The second-order valence-electron chi connectivity index (χ2n) is 6.85. The Kier molecular flexibility index (Phi) is 18.4. The maximum absolute atomic E-state index is 13.7. The van der Waals surface area contributed by atoms with E-state index in [1.165, 1.54) is 40.1 Å². The van der Waals surface area contributed by atoms with Gasteiger partial charge in [0.25, 0.3) is 0 Å². The van der Waals surface area contributed by atoms with Crippen molar-refractivity contribution in [2.75, 3.05) is 0 Å². The van der Waals surface area contributed by atoms with Crippen LogP contribution >= 0.6 is 24.8 Å². The molecule has 3 aromatic carbocycles. The molecule has 1 unspecified atom stereocenters. The SMILES string of the molecule is CC1=[C-]C(C)C(C)=C1C.Cl.Cl.Fc1ccc(F)c(-c2c[cH-]c3ccccc23)c1F.[CH3-].[CH3-].[Si]=[Zr]. The van der Waals surface area contributed by atoms with Gasteiger partial charge < -0.3 is 14.9 Å². The van der Waals surface area contributed by atoms with Crippen LogP contribution in [0.4, 0.5) is 13.2 Å². The number of hydrogen-bond acceptors (Lipinski definition) is 0. The summed E-state index contributed by atoms with van der Waals surface area (Å²) in [4.78, 5) is 0. The van der Waals surface area contributed by atoms with Crippen LogP contribution in [0.15, 0.2) is 65.3 Å². The quantitative estimate of drug-likeness (QED) is 0.152. The van der Waals surface area contributed by atoms with E-state index in [9.17, 15) is 13.2 Å². The first kappa shape index (κ1) is 36.6. The molecule has 0 aromatic heterocycles. The van der Waals surface area contributed by atoms with Crippen molar-refractivity contribution in [2.24, 2.45) is 5.92 Å². The van der Waals surface area contributed by atoms with E-state index in [0.29, 0.717) is 16.9 Å². The molecule has 3 aromatic rings. The molecule has 0 aliphatic heterocycles.